The van der Waals surface area contributed by atoms with E-state index in [0.717, 1.165) is 6.29 Å². The van der Waals surface area contributed by atoms with Gasteiger partial charge in [0.05, 0.1) is 0 Å². The molecule has 0 bridgehead atoms. The van der Waals surface area contributed by atoms with E-state index in [0.29, 0.717) is 18.6 Å². The summed E-state index contributed by atoms with van der Waals surface area (Å²) in [6, 6.07) is -0.883. The highest BCUT2D eigenvalue weighted by molar-refractivity contribution is 7.80. The standard InChI is InChI=1S/C9H15NO4S/c11-5-2-1-3-8(12)10-7(4-6-15)9(13)14/h5,7,15H,1-4,6H2,(H,10,12)(H,13,14)/t7-/m0/s1. The molecule has 0 saturated heterocycles. The first kappa shape index (κ1) is 14.0. The van der Waals surface area contributed by atoms with Crippen LogP contribution in [0.4, 0.5) is 0 Å². The molecule has 0 aliphatic carbocycles. The second-order valence-electron chi connectivity index (χ2n) is 3.03. The van der Waals surface area contributed by atoms with Crippen LogP contribution in [0.25, 0.3) is 0 Å². The van der Waals surface area contributed by atoms with Gasteiger partial charge in [-0.15, -0.1) is 0 Å². The van der Waals surface area contributed by atoms with Crippen LogP contribution >= 0.6 is 12.6 Å². The summed E-state index contributed by atoms with van der Waals surface area (Å²) in [6.07, 6.45) is 1.96. The number of carboxylic acid groups (broad SMARTS) is 1. The molecule has 0 heterocycles. The summed E-state index contributed by atoms with van der Waals surface area (Å²) in [5, 5.41) is 11.1. The van der Waals surface area contributed by atoms with E-state index in [1.807, 2.05) is 0 Å². The van der Waals surface area contributed by atoms with Gasteiger partial charge in [-0.25, -0.2) is 4.79 Å². The first-order valence-electron chi connectivity index (χ1n) is 4.68. The lowest BCUT2D eigenvalue weighted by molar-refractivity contribution is -0.141. The number of carbonyl (C=O) groups excluding carboxylic acids is 2. The van der Waals surface area contributed by atoms with Crippen LogP contribution in [0.3, 0.4) is 0 Å². The fourth-order valence-electron chi connectivity index (χ4n) is 0.999. The Labute approximate surface area is 93.6 Å². The normalized spacial score (nSPS) is 11.8. The van der Waals surface area contributed by atoms with Crippen molar-refractivity contribution < 1.29 is 19.5 Å². The lowest BCUT2D eigenvalue weighted by Crippen LogP contribution is -2.40. The van der Waals surface area contributed by atoms with Crippen molar-refractivity contribution in [1.82, 2.24) is 5.32 Å². The molecule has 0 aliphatic heterocycles. The average Bonchev–Trinajstić information content (AvgIpc) is 2.17. The molecule has 0 aliphatic rings. The van der Waals surface area contributed by atoms with Crippen molar-refractivity contribution in [2.75, 3.05) is 5.75 Å². The predicted octanol–water partition coefficient (Wildman–Crippen LogP) is 0.245. The average molecular weight is 233 g/mol. The van der Waals surface area contributed by atoms with Crippen molar-refractivity contribution in [2.24, 2.45) is 0 Å². The molecule has 1 amide bonds. The summed E-state index contributed by atoms with van der Waals surface area (Å²) < 4.78 is 0. The van der Waals surface area contributed by atoms with Gasteiger partial charge in [-0.05, 0) is 18.6 Å². The third-order valence-electron chi connectivity index (χ3n) is 1.78. The van der Waals surface area contributed by atoms with Crippen molar-refractivity contribution in [3.8, 4) is 0 Å². The quantitative estimate of drug-likeness (QED) is 0.319. The van der Waals surface area contributed by atoms with Gasteiger partial charge in [-0.1, -0.05) is 0 Å². The Balaban J connectivity index is 3.88. The van der Waals surface area contributed by atoms with Gasteiger partial charge in [0.25, 0.3) is 0 Å². The number of aldehydes is 1. The number of rotatable bonds is 8. The SMILES string of the molecule is O=CCCCC(=O)N[C@@H](CCS)C(=O)O. The van der Waals surface area contributed by atoms with Gasteiger partial charge in [-0.2, -0.15) is 12.6 Å². The number of hydrogen-bond donors (Lipinski definition) is 3. The summed E-state index contributed by atoms with van der Waals surface area (Å²) in [7, 11) is 0. The number of hydrogen-bond acceptors (Lipinski definition) is 4. The molecule has 86 valence electrons. The smallest absolute Gasteiger partial charge is 0.326 e. The first-order valence-corrected chi connectivity index (χ1v) is 5.31. The molecule has 15 heavy (non-hydrogen) atoms. The molecule has 6 heteroatoms. The molecule has 0 aromatic carbocycles. The number of carboxylic acids is 1. The number of aliphatic carboxylic acids is 1. The lowest BCUT2D eigenvalue weighted by atomic mass is 10.2. The van der Waals surface area contributed by atoms with Crippen molar-refractivity contribution in [2.45, 2.75) is 31.7 Å². The zero-order valence-electron chi connectivity index (χ0n) is 8.31. The maximum atomic E-state index is 11.2. The zero-order chi connectivity index (χ0) is 11.7. The minimum Gasteiger partial charge on any atom is -0.480 e. The highest BCUT2D eigenvalue weighted by Crippen LogP contribution is 1.98. The molecule has 0 aromatic rings. The molecule has 0 unspecified atom stereocenters. The maximum Gasteiger partial charge on any atom is 0.326 e. The van der Waals surface area contributed by atoms with E-state index in [1.165, 1.54) is 0 Å². The largest absolute Gasteiger partial charge is 0.480 e. The van der Waals surface area contributed by atoms with Crippen molar-refractivity contribution in [3.05, 3.63) is 0 Å². The topological polar surface area (TPSA) is 83.5 Å². The summed E-state index contributed by atoms with van der Waals surface area (Å²) in [5.41, 5.74) is 0. The van der Waals surface area contributed by atoms with E-state index < -0.39 is 12.0 Å². The Morgan fingerprint density at radius 3 is 2.60 bits per heavy atom. The molecule has 0 rings (SSSR count). The van der Waals surface area contributed by atoms with E-state index >= 15 is 0 Å². The first-order chi connectivity index (χ1) is 7.11. The second-order valence-corrected chi connectivity index (χ2v) is 3.48. The number of nitrogens with one attached hydrogen (secondary N) is 1. The summed E-state index contributed by atoms with van der Waals surface area (Å²) in [4.78, 5) is 31.8. The van der Waals surface area contributed by atoms with Crippen LogP contribution in [0, 0.1) is 0 Å². The van der Waals surface area contributed by atoms with Gasteiger partial charge in [0, 0.05) is 12.8 Å². The molecule has 1 atom stereocenters. The van der Waals surface area contributed by atoms with Crippen LogP contribution in [0.1, 0.15) is 25.7 Å². The van der Waals surface area contributed by atoms with E-state index in [9.17, 15) is 14.4 Å². The van der Waals surface area contributed by atoms with Crippen LogP contribution in [0.2, 0.25) is 0 Å². The van der Waals surface area contributed by atoms with Crippen molar-refractivity contribution >= 4 is 30.8 Å². The van der Waals surface area contributed by atoms with Crippen molar-refractivity contribution in [3.63, 3.8) is 0 Å². The molecule has 0 radical (unpaired) electrons. The minimum absolute atomic E-state index is 0.176. The predicted molar refractivity (Wildman–Crippen MR) is 58.0 cm³/mol. The van der Waals surface area contributed by atoms with Gasteiger partial charge >= 0.3 is 5.97 Å². The van der Waals surface area contributed by atoms with Gasteiger partial charge in [-0.3, -0.25) is 4.79 Å². The molecule has 0 aromatic heterocycles. The Bertz CT molecular complexity index is 232. The van der Waals surface area contributed by atoms with Gasteiger partial charge in [0.2, 0.25) is 5.91 Å². The van der Waals surface area contributed by atoms with Gasteiger partial charge in [0.15, 0.2) is 0 Å². The Morgan fingerprint density at radius 2 is 2.13 bits per heavy atom. The van der Waals surface area contributed by atoms with Crippen LogP contribution in [-0.4, -0.2) is 35.1 Å². The number of amides is 1. The fraction of sp³-hybridized carbons (Fsp3) is 0.667. The highest BCUT2D eigenvalue weighted by atomic mass is 32.1. The monoisotopic (exact) mass is 233 g/mol. The van der Waals surface area contributed by atoms with Crippen LogP contribution < -0.4 is 5.32 Å². The van der Waals surface area contributed by atoms with Crippen LogP contribution in [0.15, 0.2) is 0 Å². The highest BCUT2D eigenvalue weighted by Gasteiger charge is 2.18. The van der Waals surface area contributed by atoms with Crippen molar-refractivity contribution in [1.29, 1.82) is 0 Å². The molecular formula is C9H15NO4S. The maximum absolute atomic E-state index is 11.2. The number of unbranched alkanes of at least 4 members (excludes halogenated alkanes) is 1. The van der Waals surface area contributed by atoms with Gasteiger partial charge < -0.3 is 15.2 Å². The van der Waals surface area contributed by atoms with Gasteiger partial charge in [0.1, 0.15) is 12.3 Å². The molecule has 5 nitrogen and oxygen atoms in total. The minimum atomic E-state index is -1.06. The number of carbonyl (C=O) groups is 3. The van der Waals surface area contributed by atoms with E-state index in [2.05, 4.69) is 17.9 Å². The molecular weight excluding hydrogens is 218 g/mol. The Kier molecular flexibility index (Phi) is 7.71. The summed E-state index contributed by atoms with van der Waals surface area (Å²) >= 11 is 3.90. The third kappa shape index (κ3) is 6.96. The molecule has 0 saturated carbocycles. The number of thiol groups is 1. The second kappa shape index (κ2) is 8.28. The van der Waals surface area contributed by atoms with E-state index in [1.54, 1.807) is 0 Å². The molecule has 0 spiro atoms. The van der Waals surface area contributed by atoms with E-state index in [4.69, 9.17) is 5.11 Å². The molecule has 2 N–H and O–H groups in total. The van der Waals surface area contributed by atoms with Crippen LogP contribution in [0.5, 0.6) is 0 Å². The molecule has 0 fully saturated rings. The lowest BCUT2D eigenvalue weighted by Gasteiger charge is -2.12. The summed E-state index contributed by atoms with van der Waals surface area (Å²) in [5.74, 6) is -1.01. The fourth-order valence-corrected chi connectivity index (χ4v) is 1.26. The van der Waals surface area contributed by atoms with E-state index in [-0.39, 0.29) is 18.7 Å². The zero-order valence-corrected chi connectivity index (χ0v) is 9.20. The third-order valence-corrected chi connectivity index (χ3v) is 2.04. The Hall–Kier alpha value is -1.04. The summed E-state index contributed by atoms with van der Waals surface area (Å²) in [6.45, 7) is 0. The van der Waals surface area contributed by atoms with Crippen LogP contribution in [-0.2, 0) is 14.4 Å². The Morgan fingerprint density at radius 1 is 1.47 bits per heavy atom.